The van der Waals surface area contributed by atoms with Crippen LogP contribution in [0.5, 0.6) is 0 Å². The zero-order valence-electron chi connectivity index (χ0n) is 12.5. The molecule has 0 atom stereocenters. The SMILES string of the molecule is Cc1ccccc1/C=C1\N=C(c2ccc([N+](=O)[O-])cc2Cl)OC1=O. The summed E-state index contributed by atoms with van der Waals surface area (Å²) >= 11 is 6.04. The Morgan fingerprint density at radius 3 is 2.67 bits per heavy atom. The second kappa shape index (κ2) is 6.25. The average molecular weight is 343 g/mol. The number of aryl methyl sites for hydroxylation is 1. The maximum Gasteiger partial charge on any atom is 0.363 e. The molecule has 0 bridgehead atoms. The molecule has 0 aromatic heterocycles. The summed E-state index contributed by atoms with van der Waals surface area (Å²) in [5.74, 6) is -0.567. The number of non-ortho nitro benzene ring substituents is 1. The number of aliphatic imine (C=N–C) groups is 1. The van der Waals surface area contributed by atoms with Crippen molar-refractivity contribution in [1.82, 2.24) is 0 Å². The molecule has 1 heterocycles. The molecule has 0 amide bonds. The van der Waals surface area contributed by atoms with Crippen molar-refractivity contribution in [2.24, 2.45) is 4.99 Å². The van der Waals surface area contributed by atoms with Crippen LogP contribution in [-0.4, -0.2) is 16.8 Å². The third-order valence-corrected chi connectivity index (χ3v) is 3.81. The number of nitrogens with zero attached hydrogens (tertiary/aromatic N) is 2. The van der Waals surface area contributed by atoms with Crippen LogP contribution in [0.25, 0.3) is 6.08 Å². The Kier molecular flexibility index (Phi) is 4.14. The molecule has 6 nitrogen and oxygen atoms in total. The van der Waals surface area contributed by atoms with E-state index in [1.165, 1.54) is 18.2 Å². The fraction of sp³-hybridized carbons (Fsp3) is 0.0588. The average Bonchev–Trinajstić information content (AvgIpc) is 2.90. The summed E-state index contributed by atoms with van der Waals surface area (Å²) in [5, 5.41) is 10.8. The molecule has 0 spiro atoms. The van der Waals surface area contributed by atoms with E-state index in [9.17, 15) is 14.9 Å². The number of esters is 1. The number of nitro benzene ring substituents is 1. The number of hydrogen-bond donors (Lipinski definition) is 0. The largest absolute Gasteiger partial charge is 0.402 e. The van der Waals surface area contributed by atoms with Gasteiger partial charge in [0.2, 0.25) is 5.90 Å². The van der Waals surface area contributed by atoms with Crippen molar-refractivity contribution in [3.05, 3.63) is 80.0 Å². The standard InChI is InChI=1S/C17H11ClN2O4/c1-10-4-2-3-5-11(10)8-15-17(21)24-16(19-15)13-7-6-12(20(22)23)9-14(13)18/h2-9H,1H3/b15-8-. The molecule has 2 aromatic rings. The van der Waals surface area contributed by atoms with Crippen molar-refractivity contribution in [3.63, 3.8) is 0 Å². The third-order valence-electron chi connectivity index (χ3n) is 3.50. The molecule has 0 fully saturated rings. The lowest BCUT2D eigenvalue weighted by Crippen LogP contribution is -2.06. The van der Waals surface area contributed by atoms with Crippen LogP contribution >= 0.6 is 11.6 Å². The Balaban J connectivity index is 1.98. The van der Waals surface area contributed by atoms with Gasteiger partial charge in [-0.05, 0) is 30.2 Å². The number of halogens is 1. The van der Waals surface area contributed by atoms with E-state index >= 15 is 0 Å². The molecular formula is C17H11ClN2O4. The van der Waals surface area contributed by atoms with Crippen molar-refractivity contribution in [3.8, 4) is 0 Å². The quantitative estimate of drug-likeness (QED) is 0.366. The van der Waals surface area contributed by atoms with Crippen molar-refractivity contribution < 1.29 is 14.5 Å². The van der Waals surface area contributed by atoms with Crippen LogP contribution in [0.4, 0.5) is 5.69 Å². The van der Waals surface area contributed by atoms with Crippen LogP contribution in [0, 0.1) is 17.0 Å². The van der Waals surface area contributed by atoms with Crippen LogP contribution in [0.15, 0.2) is 53.2 Å². The Hall–Kier alpha value is -2.99. The topological polar surface area (TPSA) is 81.8 Å². The lowest BCUT2D eigenvalue weighted by molar-refractivity contribution is -0.384. The second-order valence-electron chi connectivity index (χ2n) is 5.11. The summed E-state index contributed by atoms with van der Waals surface area (Å²) in [6.07, 6.45) is 1.63. The predicted molar refractivity (Wildman–Crippen MR) is 89.9 cm³/mol. The van der Waals surface area contributed by atoms with Gasteiger partial charge in [0, 0.05) is 12.1 Å². The third kappa shape index (κ3) is 3.04. The molecule has 2 aromatic carbocycles. The number of carbonyl (C=O) groups excluding carboxylic acids is 1. The Bertz CT molecular complexity index is 919. The van der Waals surface area contributed by atoms with E-state index < -0.39 is 10.9 Å². The zero-order valence-corrected chi connectivity index (χ0v) is 13.3. The van der Waals surface area contributed by atoms with E-state index in [0.717, 1.165) is 11.1 Å². The van der Waals surface area contributed by atoms with Crippen molar-refractivity contribution >= 4 is 35.2 Å². The lowest BCUT2D eigenvalue weighted by atomic mass is 10.1. The summed E-state index contributed by atoms with van der Waals surface area (Å²) < 4.78 is 5.14. The summed E-state index contributed by atoms with van der Waals surface area (Å²) in [7, 11) is 0. The van der Waals surface area contributed by atoms with Gasteiger partial charge in [-0.25, -0.2) is 9.79 Å². The van der Waals surface area contributed by atoms with Gasteiger partial charge in [0.15, 0.2) is 5.70 Å². The molecule has 0 saturated carbocycles. The fourth-order valence-electron chi connectivity index (χ4n) is 2.21. The van der Waals surface area contributed by atoms with Gasteiger partial charge in [-0.2, -0.15) is 0 Å². The van der Waals surface area contributed by atoms with E-state index in [2.05, 4.69) is 4.99 Å². The Morgan fingerprint density at radius 1 is 1.25 bits per heavy atom. The first-order chi connectivity index (χ1) is 11.5. The first-order valence-electron chi connectivity index (χ1n) is 6.98. The highest BCUT2D eigenvalue weighted by molar-refractivity contribution is 6.34. The molecule has 120 valence electrons. The molecule has 24 heavy (non-hydrogen) atoms. The van der Waals surface area contributed by atoms with Crippen molar-refractivity contribution in [2.45, 2.75) is 6.92 Å². The number of nitro groups is 1. The van der Waals surface area contributed by atoms with E-state index in [-0.39, 0.29) is 22.3 Å². The number of cyclic esters (lactones) is 1. The molecule has 7 heteroatoms. The highest BCUT2D eigenvalue weighted by atomic mass is 35.5. The van der Waals surface area contributed by atoms with Crippen LogP contribution in [-0.2, 0) is 9.53 Å². The minimum atomic E-state index is -0.595. The van der Waals surface area contributed by atoms with Gasteiger partial charge < -0.3 is 4.74 Å². The van der Waals surface area contributed by atoms with Crippen LogP contribution < -0.4 is 0 Å². The highest BCUT2D eigenvalue weighted by Crippen LogP contribution is 2.27. The van der Waals surface area contributed by atoms with E-state index in [1.807, 2.05) is 31.2 Å². The predicted octanol–water partition coefficient (Wildman–Crippen LogP) is 3.90. The van der Waals surface area contributed by atoms with Gasteiger partial charge in [0.1, 0.15) is 0 Å². The van der Waals surface area contributed by atoms with Gasteiger partial charge in [-0.1, -0.05) is 35.9 Å². The highest BCUT2D eigenvalue weighted by Gasteiger charge is 2.26. The van der Waals surface area contributed by atoms with Crippen molar-refractivity contribution in [1.29, 1.82) is 0 Å². The van der Waals surface area contributed by atoms with Crippen LogP contribution in [0.2, 0.25) is 5.02 Å². The monoisotopic (exact) mass is 342 g/mol. The summed E-state index contributed by atoms with van der Waals surface area (Å²) in [5.41, 5.74) is 2.17. The molecule has 3 rings (SSSR count). The lowest BCUT2D eigenvalue weighted by Gasteiger charge is -2.02. The maximum absolute atomic E-state index is 12.0. The maximum atomic E-state index is 12.0. The number of benzene rings is 2. The van der Waals surface area contributed by atoms with Crippen LogP contribution in [0.3, 0.4) is 0 Å². The molecule has 0 saturated heterocycles. The number of rotatable bonds is 3. The minimum absolute atomic E-state index is 0.0275. The van der Waals surface area contributed by atoms with Crippen LogP contribution in [0.1, 0.15) is 16.7 Å². The van der Waals surface area contributed by atoms with Gasteiger partial charge in [-0.3, -0.25) is 10.1 Å². The van der Waals surface area contributed by atoms with Gasteiger partial charge in [0.25, 0.3) is 5.69 Å². The molecule has 0 unspecified atom stereocenters. The number of ether oxygens (including phenoxy) is 1. The van der Waals surface area contributed by atoms with E-state index in [4.69, 9.17) is 16.3 Å². The molecule has 0 radical (unpaired) electrons. The summed E-state index contributed by atoms with van der Waals surface area (Å²) in [6, 6.07) is 11.4. The van der Waals surface area contributed by atoms with Gasteiger partial charge in [-0.15, -0.1) is 0 Å². The summed E-state index contributed by atoms with van der Waals surface area (Å²) in [6.45, 7) is 1.92. The minimum Gasteiger partial charge on any atom is -0.402 e. The van der Waals surface area contributed by atoms with Gasteiger partial charge >= 0.3 is 5.97 Å². The smallest absolute Gasteiger partial charge is 0.363 e. The molecule has 0 N–H and O–H groups in total. The molecule has 0 aliphatic carbocycles. The zero-order chi connectivity index (χ0) is 17.3. The van der Waals surface area contributed by atoms with Crippen molar-refractivity contribution in [2.75, 3.05) is 0 Å². The Morgan fingerprint density at radius 2 is 2.00 bits per heavy atom. The molecular weight excluding hydrogens is 332 g/mol. The number of hydrogen-bond acceptors (Lipinski definition) is 5. The molecule has 1 aliphatic rings. The van der Waals surface area contributed by atoms with E-state index in [1.54, 1.807) is 6.08 Å². The Labute approximate surface area is 142 Å². The summed E-state index contributed by atoms with van der Waals surface area (Å²) in [4.78, 5) is 26.4. The second-order valence-corrected chi connectivity index (χ2v) is 5.52. The van der Waals surface area contributed by atoms with E-state index in [0.29, 0.717) is 5.56 Å². The number of carbonyl (C=O) groups is 1. The molecule has 1 aliphatic heterocycles. The normalized spacial score (nSPS) is 15.3. The van der Waals surface area contributed by atoms with Gasteiger partial charge in [0.05, 0.1) is 15.5 Å². The first-order valence-corrected chi connectivity index (χ1v) is 7.36. The fourth-order valence-corrected chi connectivity index (χ4v) is 2.47. The first kappa shape index (κ1) is 15.9.